The molecule has 0 N–H and O–H groups in total. The van der Waals surface area contributed by atoms with Gasteiger partial charge in [-0.3, -0.25) is 4.79 Å². The lowest BCUT2D eigenvalue weighted by Crippen LogP contribution is -2.43. The average molecular weight is 195 g/mol. The van der Waals surface area contributed by atoms with E-state index in [4.69, 9.17) is 0 Å². The van der Waals surface area contributed by atoms with Gasteiger partial charge in [0.25, 0.3) is 0 Å². The molecular weight excluding hydrogens is 174 g/mol. The molecule has 0 spiro atoms. The third-order valence-corrected chi connectivity index (χ3v) is 3.31. The second kappa shape index (κ2) is 4.63. The Hall–Kier alpha value is -0.790. The third-order valence-electron chi connectivity index (χ3n) is 3.31. The van der Waals surface area contributed by atoms with Crippen molar-refractivity contribution in [3.05, 3.63) is 12.7 Å². The van der Waals surface area contributed by atoms with Gasteiger partial charge in [-0.05, 0) is 30.3 Å². The highest BCUT2D eigenvalue weighted by Crippen LogP contribution is 2.29. The normalized spacial score (nSPS) is 27.9. The van der Waals surface area contributed by atoms with Crippen molar-refractivity contribution in [3.63, 3.8) is 0 Å². The molecule has 2 heteroatoms. The molecule has 1 saturated heterocycles. The van der Waals surface area contributed by atoms with Crippen molar-refractivity contribution in [2.24, 2.45) is 17.8 Å². The lowest BCUT2D eigenvalue weighted by molar-refractivity contribution is -0.128. The van der Waals surface area contributed by atoms with Crippen molar-refractivity contribution < 1.29 is 4.79 Å². The number of hydrogen-bond acceptors (Lipinski definition) is 1. The highest BCUT2D eigenvalue weighted by molar-refractivity contribution is 5.87. The molecule has 0 aromatic carbocycles. The Morgan fingerprint density at radius 2 is 2.21 bits per heavy atom. The topological polar surface area (TPSA) is 20.3 Å². The molecule has 2 unspecified atom stereocenters. The maximum atomic E-state index is 11.4. The Kier molecular flexibility index (Phi) is 3.73. The van der Waals surface area contributed by atoms with Crippen molar-refractivity contribution in [2.45, 2.75) is 27.2 Å². The maximum absolute atomic E-state index is 11.4. The quantitative estimate of drug-likeness (QED) is 0.619. The predicted octanol–water partition coefficient (Wildman–Crippen LogP) is 2.31. The van der Waals surface area contributed by atoms with Crippen molar-refractivity contribution >= 4 is 5.91 Å². The summed E-state index contributed by atoms with van der Waals surface area (Å²) < 4.78 is 0. The highest BCUT2D eigenvalue weighted by atomic mass is 16.2. The van der Waals surface area contributed by atoms with Crippen LogP contribution >= 0.6 is 0 Å². The van der Waals surface area contributed by atoms with Crippen LogP contribution in [-0.2, 0) is 4.79 Å². The molecule has 2 atom stereocenters. The van der Waals surface area contributed by atoms with Gasteiger partial charge in [0.15, 0.2) is 0 Å². The first-order valence-corrected chi connectivity index (χ1v) is 5.47. The van der Waals surface area contributed by atoms with E-state index in [0.29, 0.717) is 5.92 Å². The monoisotopic (exact) mass is 195 g/mol. The van der Waals surface area contributed by atoms with E-state index in [1.165, 1.54) is 6.08 Å². The molecule has 80 valence electrons. The molecule has 14 heavy (non-hydrogen) atoms. The van der Waals surface area contributed by atoms with Crippen LogP contribution in [0.3, 0.4) is 0 Å². The fourth-order valence-corrected chi connectivity index (χ4v) is 2.48. The minimum absolute atomic E-state index is 0.0825. The van der Waals surface area contributed by atoms with Crippen molar-refractivity contribution in [2.75, 3.05) is 13.1 Å². The Bertz CT molecular complexity index is 222. The van der Waals surface area contributed by atoms with E-state index in [-0.39, 0.29) is 5.91 Å². The zero-order valence-electron chi connectivity index (χ0n) is 9.49. The molecule has 0 aliphatic carbocycles. The van der Waals surface area contributed by atoms with Gasteiger partial charge in [-0.15, -0.1) is 0 Å². The van der Waals surface area contributed by atoms with Crippen LogP contribution in [-0.4, -0.2) is 23.9 Å². The minimum atomic E-state index is 0.0825. The summed E-state index contributed by atoms with van der Waals surface area (Å²) in [5.74, 6) is 2.20. The molecule has 0 aromatic heterocycles. The van der Waals surface area contributed by atoms with Gasteiger partial charge in [0, 0.05) is 13.1 Å². The summed E-state index contributed by atoms with van der Waals surface area (Å²) in [7, 11) is 0. The van der Waals surface area contributed by atoms with Gasteiger partial charge >= 0.3 is 0 Å². The summed E-state index contributed by atoms with van der Waals surface area (Å²) in [4.78, 5) is 13.3. The first-order chi connectivity index (χ1) is 6.56. The summed E-state index contributed by atoms with van der Waals surface area (Å²) in [6.45, 7) is 12.1. The van der Waals surface area contributed by atoms with Crippen LogP contribution < -0.4 is 0 Å². The van der Waals surface area contributed by atoms with Gasteiger partial charge in [0.05, 0.1) is 0 Å². The van der Waals surface area contributed by atoms with E-state index in [9.17, 15) is 4.79 Å². The Balaban J connectivity index is 2.54. The number of carbonyl (C=O) groups excluding carboxylic acids is 1. The van der Waals surface area contributed by atoms with Crippen LogP contribution in [0.4, 0.5) is 0 Å². The largest absolute Gasteiger partial charge is 0.339 e. The van der Waals surface area contributed by atoms with Gasteiger partial charge in [-0.2, -0.15) is 0 Å². The standard InChI is InChI=1S/C12H21NO/c1-5-12(14)13-7-6-11(9(2)3)10(4)8-13/h5,9-11H,1,6-8H2,2-4H3. The van der Waals surface area contributed by atoms with Crippen LogP contribution in [0.2, 0.25) is 0 Å². The van der Waals surface area contributed by atoms with Crippen LogP contribution in [0.15, 0.2) is 12.7 Å². The zero-order chi connectivity index (χ0) is 10.7. The number of hydrogen-bond donors (Lipinski definition) is 0. The Morgan fingerprint density at radius 1 is 1.57 bits per heavy atom. The molecule has 1 amide bonds. The minimum Gasteiger partial charge on any atom is -0.339 e. The van der Waals surface area contributed by atoms with E-state index in [1.54, 1.807) is 0 Å². The molecule has 1 fully saturated rings. The van der Waals surface area contributed by atoms with Crippen molar-refractivity contribution in [3.8, 4) is 0 Å². The second-order valence-electron chi connectivity index (χ2n) is 4.66. The van der Waals surface area contributed by atoms with Crippen LogP contribution in [0.5, 0.6) is 0 Å². The molecule has 0 aromatic rings. The fraction of sp³-hybridized carbons (Fsp3) is 0.750. The molecule has 1 rings (SSSR count). The molecule has 0 radical (unpaired) electrons. The van der Waals surface area contributed by atoms with Gasteiger partial charge in [-0.25, -0.2) is 0 Å². The van der Waals surface area contributed by atoms with Crippen LogP contribution in [0.25, 0.3) is 0 Å². The Morgan fingerprint density at radius 3 is 2.64 bits per heavy atom. The van der Waals surface area contributed by atoms with Crippen molar-refractivity contribution in [1.29, 1.82) is 0 Å². The van der Waals surface area contributed by atoms with Crippen LogP contribution in [0, 0.1) is 17.8 Å². The summed E-state index contributed by atoms with van der Waals surface area (Å²) in [5.41, 5.74) is 0. The number of carbonyl (C=O) groups is 1. The summed E-state index contributed by atoms with van der Waals surface area (Å²) >= 11 is 0. The van der Waals surface area contributed by atoms with Gasteiger partial charge in [-0.1, -0.05) is 27.4 Å². The molecule has 0 bridgehead atoms. The average Bonchev–Trinajstić information content (AvgIpc) is 2.15. The second-order valence-corrected chi connectivity index (χ2v) is 4.66. The van der Waals surface area contributed by atoms with Crippen LogP contribution in [0.1, 0.15) is 27.2 Å². The number of amides is 1. The van der Waals surface area contributed by atoms with E-state index in [0.717, 1.165) is 31.3 Å². The van der Waals surface area contributed by atoms with Crippen molar-refractivity contribution in [1.82, 2.24) is 4.90 Å². The number of rotatable bonds is 2. The summed E-state index contributed by atoms with van der Waals surface area (Å²) in [6.07, 6.45) is 2.56. The van der Waals surface area contributed by atoms with Gasteiger partial charge in [0.2, 0.25) is 5.91 Å². The predicted molar refractivity (Wildman–Crippen MR) is 58.9 cm³/mol. The lowest BCUT2D eigenvalue weighted by Gasteiger charge is -2.38. The van der Waals surface area contributed by atoms with E-state index in [2.05, 4.69) is 27.4 Å². The fourth-order valence-electron chi connectivity index (χ4n) is 2.48. The lowest BCUT2D eigenvalue weighted by atomic mass is 9.79. The molecule has 1 heterocycles. The van der Waals surface area contributed by atoms with E-state index >= 15 is 0 Å². The molecule has 0 saturated carbocycles. The van der Waals surface area contributed by atoms with Gasteiger partial charge < -0.3 is 4.90 Å². The summed E-state index contributed by atoms with van der Waals surface area (Å²) in [5, 5.41) is 0. The molecular formula is C12H21NO. The maximum Gasteiger partial charge on any atom is 0.245 e. The number of piperidine rings is 1. The van der Waals surface area contributed by atoms with E-state index < -0.39 is 0 Å². The molecule has 1 aliphatic rings. The highest BCUT2D eigenvalue weighted by Gasteiger charge is 2.29. The number of nitrogens with zero attached hydrogens (tertiary/aromatic N) is 1. The molecule has 1 aliphatic heterocycles. The summed E-state index contributed by atoms with van der Waals surface area (Å²) in [6, 6.07) is 0. The first-order valence-electron chi connectivity index (χ1n) is 5.47. The van der Waals surface area contributed by atoms with Gasteiger partial charge in [0.1, 0.15) is 0 Å². The first kappa shape index (κ1) is 11.3. The third kappa shape index (κ3) is 2.37. The number of likely N-dealkylation sites (tertiary alicyclic amines) is 1. The smallest absolute Gasteiger partial charge is 0.245 e. The van der Waals surface area contributed by atoms with E-state index in [1.807, 2.05) is 4.90 Å². The SMILES string of the molecule is C=CC(=O)N1CCC(C(C)C)C(C)C1. The zero-order valence-corrected chi connectivity index (χ0v) is 9.49. The molecule has 2 nitrogen and oxygen atoms in total. The Labute approximate surface area is 87.0 Å².